The minimum atomic E-state index is 0.253. The first-order chi connectivity index (χ1) is 17.0. The van der Waals surface area contributed by atoms with Crippen molar-refractivity contribution in [2.24, 2.45) is 5.92 Å². The van der Waals surface area contributed by atoms with E-state index in [4.69, 9.17) is 18.9 Å². The van der Waals surface area contributed by atoms with E-state index in [0.29, 0.717) is 12.4 Å². The van der Waals surface area contributed by atoms with Crippen molar-refractivity contribution in [3.05, 3.63) is 88.4 Å². The largest absolute Gasteiger partial charge is 0.497 e. The third-order valence-electron chi connectivity index (χ3n) is 7.05. The van der Waals surface area contributed by atoms with Gasteiger partial charge in [0.1, 0.15) is 5.75 Å². The molecule has 1 unspecified atom stereocenters. The summed E-state index contributed by atoms with van der Waals surface area (Å²) >= 11 is 0. The lowest BCUT2D eigenvalue weighted by atomic mass is 9.87. The number of hydrogen-bond acceptors (Lipinski definition) is 4. The first kappa shape index (κ1) is 24.5. The standard InChI is InChI=1S/C31H34O4/c1-8-20-16-22(32-5)14-15-24(20)29-19(4)23-13-11-12-21-17-27(33-6)28(34-7)18-25(21)30(23)31(29)26(9-2)35-10-3/h8,14-18,23H,1-2,10-13H2,3-7H3. The second-order valence-corrected chi connectivity index (χ2v) is 8.75. The van der Waals surface area contributed by atoms with Crippen LogP contribution in [0.5, 0.6) is 17.2 Å². The van der Waals surface area contributed by atoms with Gasteiger partial charge in [-0.2, -0.15) is 0 Å². The van der Waals surface area contributed by atoms with Gasteiger partial charge in [-0.05, 0) is 90.8 Å². The summed E-state index contributed by atoms with van der Waals surface area (Å²) in [5.41, 5.74) is 12.4. The van der Waals surface area contributed by atoms with Gasteiger partial charge in [0.05, 0.1) is 27.9 Å². The third-order valence-corrected chi connectivity index (χ3v) is 7.05. The average molecular weight is 471 g/mol. The number of ether oxygens (including phenoxy) is 4. The monoisotopic (exact) mass is 470 g/mol. The van der Waals surface area contributed by atoms with E-state index < -0.39 is 0 Å². The molecule has 1 atom stereocenters. The molecule has 0 saturated heterocycles. The van der Waals surface area contributed by atoms with Crippen molar-refractivity contribution >= 4 is 17.2 Å². The number of benzene rings is 2. The molecule has 2 aromatic carbocycles. The van der Waals surface area contributed by atoms with Crippen LogP contribution in [0.4, 0.5) is 0 Å². The van der Waals surface area contributed by atoms with E-state index in [2.05, 4.69) is 44.0 Å². The van der Waals surface area contributed by atoms with E-state index in [1.807, 2.05) is 25.1 Å². The first-order valence-electron chi connectivity index (χ1n) is 12.1. The molecule has 4 nitrogen and oxygen atoms in total. The summed E-state index contributed by atoms with van der Waals surface area (Å²) in [4.78, 5) is 0. The van der Waals surface area contributed by atoms with Crippen molar-refractivity contribution in [1.82, 2.24) is 0 Å². The Labute approximate surface area is 208 Å². The lowest BCUT2D eigenvalue weighted by molar-refractivity contribution is 0.241. The van der Waals surface area contributed by atoms with Crippen LogP contribution in [-0.2, 0) is 11.2 Å². The van der Waals surface area contributed by atoms with Crippen LogP contribution in [0.3, 0.4) is 0 Å². The highest BCUT2D eigenvalue weighted by atomic mass is 16.5. The van der Waals surface area contributed by atoms with Crippen LogP contribution in [0.1, 0.15) is 48.9 Å². The zero-order valence-electron chi connectivity index (χ0n) is 21.4. The van der Waals surface area contributed by atoms with Gasteiger partial charge in [0.25, 0.3) is 0 Å². The summed E-state index contributed by atoms with van der Waals surface area (Å²) in [5, 5.41) is 0. The number of hydrogen-bond donors (Lipinski definition) is 0. The molecule has 0 fully saturated rings. The molecule has 2 aromatic rings. The Balaban J connectivity index is 2.08. The van der Waals surface area contributed by atoms with Gasteiger partial charge in [0.15, 0.2) is 17.3 Å². The van der Waals surface area contributed by atoms with E-state index >= 15 is 0 Å². The Hall–Kier alpha value is -3.62. The van der Waals surface area contributed by atoms with Gasteiger partial charge < -0.3 is 18.9 Å². The van der Waals surface area contributed by atoms with E-state index in [9.17, 15) is 0 Å². The van der Waals surface area contributed by atoms with Crippen LogP contribution in [-0.4, -0.2) is 27.9 Å². The summed E-state index contributed by atoms with van der Waals surface area (Å²) in [6.45, 7) is 12.8. The Morgan fingerprint density at radius 3 is 2.43 bits per heavy atom. The fourth-order valence-electron chi connectivity index (χ4n) is 5.46. The minimum absolute atomic E-state index is 0.253. The number of aryl methyl sites for hydroxylation is 1. The fraction of sp³-hybridized carbons (Fsp3) is 0.323. The quantitative estimate of drug-likeness (QED) is 0.301. The van der Waals surface area contributed by atoms with Crippen LogP contribution in [0.2, 0.25) is 0 Å². The molecule has 0 heterocycles. The van der Waals surface area contributed by atoms with Crippen LogP contribution < -0.4 is 14.2 Å². The van der Waals surface area contributed by atoms with Gasteiger partial charge in [-0.25, -0.2) is 0 Å². The molecule has 0 aliphatic heterocycles. The molecular weight excluding hydrogens is 436 g/mol. The third kappa shape index (κ3) is 4.19. The molecule has 0 saturated carbocycles. The molecular formula is C31H34O4. The fourth-order valence-corrected chi connectivity index (χ4v) is 5.46. The first-order valence-corrected chi connectivity index (χ1v) is 12.1. The molecule has 0 bridgehead atoms. The number of rotatable bonds is 8. The van der Waals surface area contributed by atoms with Crippen LogP contribution in [0.25, 0.3) is 17.2 Å². The normalized spacial score (nSPS) is 16.7. The molecule has 0 amide bonds. The second-order valence-electron chi connectivity index (χ2n) is 8.75. The minimum Gasteiger partial charge on any atom is -0.497 e. The highest BCUT2D eigenvalue weighted by Gasteiger charge is 2.38. The number of methoxy groups -OCH3 is 3. The summed E-state index contributed by atoms with van der Waals surface area (Å²) in [6, 6.07) is 10.4. The Morgan fingerprint density at radius 2 is 1.80 bits per heavy atom. The maximum atomic E-state index is 6.14. The van der Waals surface area contributed by atoms with Gasteiger partial charge in [-0.15, -0.1) is 0 Å². The van der Waals surface area contributed by atoms with Crippen molar-refractivity contribution in [3.63, 3.8) is 0 Å². The van der Waals surface area contributed by atoms with E-state index in [1.165, 1.54) is 22.3 Å². The number of allylic oxidation sites excluding steroid dienone is 3. The topological polar surface area (TPSA) is 36.9 Å². The van der Waals surface area contributed by atoms with Gasteiger partial charge in [0.2, 0.25) is 0 Å². The van der Waals surface area contributed by atoms with Crippen LogP contribution >= 0.6 is 0 Å². The van der Waals surface area contributed by atoms with E-state index in [1.54, 1.807) is 21.3 Å². The second kappa shape index (κ2) is 10.3. The molecule has 4 rings (SSSR count). The highest BCUT2D eigenvalue weighted by Crippen LogP contribution is 2.54. The van der Waals surface area contributed by atoms with E-state index in [-0.39, 0.29) is 5.92 Å². The zero-order valence-corrected chi connectivity index (χ0v) is 21.4. The maximum Gasteiger partial charge on any atom is 0.169 e. The molecule has 35 heavy (non-hydrogen) atoms. The molecule has 0 aromatic heterocycles. The van der Waals surface area contributed by atoms with Crippen LogP contribution in [0, 0.1) is 5.92 Å². The molecule has 2 aliphatic rings. The molecule has 0 N–H and O–H groups in total. The van der Waals surface area contributed by atoms with Crippen LogP contribution in [0.15, 0.2) is 66.1 Å². The summed E-state index contributed by atoms with van der Waals surface area (Å²) < 4.78 is 23.0. The highest BCUT2D eigenvalue weighted by molar-refractivity contribution is 6.03. The Bertz CT molecular complexity index is 1270. The molecule has 2 aliphatic carbocycles. The SMILES string of the molecule is C=C=C(OCC)C1=C2c3cc(OC)c(OC)cc3CCCC2C(C)=C1c1ccc(OC)cc1C=C. The molecule has 182 valence electrons. The lowest BCUT2D eigenvalue weighted by Crippen LogP contribution is -2.04. The van der Waals surface area contributed by atoms with Gasteiger partial charge >= 0.3 is 0 Å². The molecule has 0 spiro atoms. The maximum absolute atomic E-state index is 6.14. The zero-order chi connectivity index (χ0) is 25.1. The lowest BCUT2D eigenvalue weighted by Gasteiger charge is -2.20. The predicted octanol–water partition coefficient (Wildman–Crippen LogP) is 7.25. The average Bonchev–Trinajstić information content (AvgIpc) is 3.04. The van der Waals surface area contributed by atoms with Gasteiger partial charge in [-0.1, -0.05) is 36.6 Å². The van der Waals surface area contributed by atoms with Crippen molar-refractivity contribution in [2.45, 2.75) is 33.1 Å². The Morgan fingerprint density at radius 1 is 1.06 bits per heavy atom. The summed E-state index contributed by atoms with van der Waals surface area (Å²) in [7, 11) is 5.04. The van der Waals surface area contributed by atoms with Crippen molar-refractivity contribution in [3.8, 4) is 17.2 Å². The van der Waals surface area contributed by atoms with Crippen molar-refractivity contribution in [1.29, 1.82) is 0 Å². The molecule has 0 radical (unpaired) electrons. The van der Waals surface area contributed by atoms with Gasteiger partial charge in [0, 0.05) is 11.5 Å². The van der Waals surface area contributed by atoms with Gasteiger partial charge in [-0.3, -0.25) is 0 Å². The predicted molar refractivity (Wildman–Crippen MR) is 143 cm³/mol. The summed E-state index contributed by atoms with van der Waals surface area (Å²) in [6.07, 6.45) is 4.99. The van der Waals surface area contributed by atoms with E-state index in [0.717, 1.165) is 58.8 Å². The number of fused-ring (bicyclic) bond motifs is 3. The van der Waals surface area contributed by atoms with Crippen molar-refractivity contribution in [2.75, 3.05) is 27.9 Å². The van der Waals surface area contributed by atoms with Crippen molar-refractivity contribution < 1.29 is 18.9 Å². The summed E-state index contributed by atoms with van der Waals surface area (Å²) in [5.74, 6) is 3.20. The Kier molecular flexibility index (Phi) is 7.23. The molecule has 4 heteroatoms. The smallest absolute Gasteiger partial charge is 0.169 e.